The van der Waals surface area contributed by atoms with Gasteiger partial charge in [-0.25, -0.2) is 4.79 Å². The number of aromatic amines is 1. The zero-order valence-electron chi connectivity index (χ0n) is 16.5. The van der Waals surface area contributed by atoms with E-state index in [-0.39, 0.29) is 12.1 Å². The molecule has 3 aliphatic rings. The molecule has 2 amide bonds. The Morgan fingerprint density at radius 2 is 1.97 bits per heavy atom. The molecule has 29 heavy (non-hydrogen) atoms. The topological polar surface area (TPSA) is 39.3 Å². The lowest BCUT2D eigenvalue weighted by atomic mass is 9.92. The average Bonchev–Trinajstić information content (AvgIpc) is 3.34. The van der Waals surface area contributed by atoms with Crippen LogP contribution in [0.15, 0.2) is 60.8 Å². The fourth-order valence-corrected chi connectivity index (χ4v) is 5.57. The highest BCUT2D eigenvalue weighted by molar-refractivity contribution is 5.96. The highest BCUT2D eigenvalue weighted by Crippen LogP contribution is 2.41. The second-order valence-electron chi connectivity index (χ2n) is 8.51. The SMILES string of the molecule is O=C(N1CCCc2ccccc21)N1C2C=C(c3cccc4[nH]ccc34)CC1CC2. The Labute approximate surface area is 170 Å². The van der Waals surface area contributed by atoms with E-state index in [9.17, 15) is 4.79 Å². The van der Waals surface area contributed by atoms with Crippen LogP contribution in [0.25, 0.3) is 16.5 Å². The van der Waals surface area contributed by atoms with Crippen molar-refractivity contribution in [3.05, 3.63) is 71.9 Å². The van der Waals surface area contributed by atoms with Gasteiger partial charge < -0.3 is 9.88 Å². The van der Waals surface area contributed by atoms with E-state index in [1.165, 1.54) is 27.6 Å². The van der Waals surface area contributed by atoms with Crippen molar-refractivity contribution in [1.29, 1.82) is 0 Å². The Hall–Kier alpha value is -3.01. The number of nitrogens with one attached hydrogen (secondary N) is 1. The number of fused-ring (bicyclic) bond motifs is 4. The first-order valence-electron chi connectivity index (χ1n) is 10.7. The largest absolute Gasteiger partial charge is 0.361 e. The third kappa shape index (κ3) is 2.62. The molecule has 0 radical (unpaired) electrons. The lowest BCUT2D eigenvalue weighted by molar-refractivity contribution is 0.186. The summed E-state index contributed by atoms with van der Waals surface area (Å²) in [5.74, 6) is 0. The molecule has 4 heteroatoms. The third-order valence-corrected chi connectivity index (χ3v) is 6.90. The fourth-order valence-electron chi connectivity index (χ4n) is 5.57. The van der Waals surface area contributed by atoms with Gasteiger partial charge in [-0.05, 0) is 67.0 Å². The maximum atomic E-state index is 13.6. The molecule has 2 atom stereocenters. The molecule has 146 valence electrons. The zero-order valence-corrected chi connectivity index (χ0v) is 16.5. The van der Waals surface area contributed by atoms with Crippen molar-refractivity contribution in [2.75, 3.05) is 11.4 Å². The second kappa shape index (κ2) is 6.51. The van der Waals surface area contributed by atoms with Gasteiger partial charge in [0.1, 0.15) is 0 Å². The van der Waals surface area contributed by atoms with E-state index >= 15 is 0 Å². The van der Waals surface area contributed by atoms with E-state index in [0.717, 1.165) is 44.3 Å². The van der Waals surface area contributed by atoms with Crippen LogP contribution >= 0.6 is 0 Å². The van der Waals surface area contributed by atoms with Crippen LogP contribution in [-0.4, -0.2) is 34.5 Å². The average molecular weight is 383 g/mol. The molecule has 0 saturated carbocycles. The van der Waals surface area contributed by atoms with Crippen LogP contribution in [0.3, 0.4) is 0 Å². The second-order valence-corrected chi connectivity index (χ2v) is 8.51. The summed E-state index contributed by atoms with van der Waals surface area (Å²) in [6.45, 7) is 0.824. The number of aromatic nitrogens is 1. The Kier molecular flexibility index (Phi) is 3.80. The van der Waals surface area contributed by atoms with Gasteiger partial charge in [-0.2, -0.15) is 0 Å². The molecular formula is C25H25N3O. The molecule has 1 N–H and O–H groups in total. The molecule has 2 unspecified atom stereocenters. The molecule has 0 spiro atoms. The van der Waals surface area contributed by atoms with E-state index in [1.54, 1.807) is 0 Å². The lowest BCUT2D eigenvalue weighted by Gasteiger charge is -2.39. The molecule has 3 aliphatic heterocycles. The number of rotatable bonds is 1. The molecule has 6 rings (SSSR count). The predicted molar refractivity (Wildman–Crippen MR) is 117 cm³/mol. The summed E-state index contributed by atoms with van der Waals surface area (Å²) in [6.07, 6.45) is 9.59. The van der Waals surface area contributed by atoms with Crippen LogP contribution < -0.4 is 4.90 Å². The number of H-pyrrole nitrogens is 1. The number of carbonyl (C=O) groups excluding carboxylic acids is 1. The summed E-state index contributed by atoms with van der Waals surface area (Å²) in [7, 11) is 0. The summed E-state index contributed by atoms with van der Waals surface area (Å²) in [5.41, 5.74) is 6.29. The highest BCUT2D eigenvalue weighted by Gasteiger charge is 2.42. The van der Waals surface area contributed by atoms with Crippen LogP contribution in [0.1, 0.15) is 36.8 Å². The summed E-state index contributed by atoms with van der Waals surface area (Å²) < 4.78 is 0. The Bertz CT molecular complexity index is 1130. The standard InChI is InChI=1S/C25H25N3O/c29-25(27-14-4-6-17-5-1-2-9-24(17)27)28-19-10-11-20(28)16-18(15-19)21-7-3-8-23-22(21)12-13-26-23/h1-3,5,7-9,12-13,15,19-20,26H,4,6,10-11,14,16H2. The number of urea groups is 1. The fraction of sp³-hybridized carbons (Fsp3) is 0.320. The highest BCUT2D eigenvalue weighted by atomic mass is 16.2. The van der Waals surface area contributed by atoms with Crippen molar-refractivity contribution < 1.29 is 4.79 Å². The number of nitrogens with zero attached hydrogens (tertiary/aromatic N) is 2. The van der Waals surface area contributed by atoms with Crippen molar-refractivity contribution in [3.8, 4) is 0 Å². The van der Waals surface area contributed by atoms with E-state index in [2.05, 4.69) is 58.4 Å². The summed E-state index contributed by atoms with van der Waals surface area (Å²) >= 11 is 0. The maximum Gasteiger partial charge on any atom is 0.325 e. The number of para-hydroxylation sites is 1. The van der Waals surface area contributed by atoms with Gasteiger partial charge in [0.15, 0.2) is 0 Å². The Morgan fingerprint density at radius 1 is 1.03 bits per heavy atom. The van der Waals surface area contributed by atoms with Gasteiger partial charge in [0, 0.05) is 35.4 Å². The molecule has 1 saturated heterocycles. The number of amides is 2. The van der Waals surface area contributed by atoms with Crippen LogP contribution in [0.4, 0.5) is 10.5 Å². The van der Waals surface area contributed by atoms with Gasteiger partial charge in [-0.3, -0.25) is 4.90 Å². The first kappa shape index (κ1) is 16.9. The van der Waals surface area contributed by atoms with Crippen LogP contribution in [0, 0.1) is 0 Å². The Morgan fingerprint density at radius 3 is 2.90 bits per heavy atom. The smallest absolute Gasteiger partial charge is 0.325 e. The number of hydrogen-bond acceptors (Lipinski definition) is 1. The van der Waals surface area contributed by atoms with Crippen molar-refractivity contribution >= 4 is 28.2 Å². The van der Waals surface area contributed by atoms with Gasteiger partial charge in [0.25, 0.3) is 0 Å². The summed E-state index contributed by atoms with van der Waals surface area (Å²) in [5, 5.41) is 1.28. The third-order valence-electron chi connectivity index (χ3n) is 6.90. The number of anilines is 1. The number of aryl methyl sites for hydroxylation is 1. The van der Waals surface area contributed by atoms with E-state index < -0.39 is 0 Å². The van der Waals surface area contributed by atoms with Gasteiger partial charge in [-0.1, -0.05) is 36.4 Å². The minimum absolute atomic E-state index is 0.194. The molecule has 2 bridgehead atoms. The van der Waals surface area contributed by atoms with Crippen molar-refractivity contribution in [2.24, 2.45) is 0 Å². The molecule has 1 fully saturated rings. The van der Waals surface area contributed by atoms with Gasteiger partial charge in [-0.15, -0.1) is 0 Å². The summed E-state index contributed by atoms with van der Waals surface area (Å²) in [4.78, 5) is 21.1. The normalized spacial score (nSPS) is 23.2. The Balaban J connectivity index is 1.34. The van der Waals surface area contributed by atoms with Crippen molar-refractivity contribution in [1.82, 2.24) is 9.88 Å². The van der Waals surface area contributed by atoms with Crippen molar-refractivity contribution in [2.45, 2.75) is 44.2 Å². The zero-order chi connectivity index (χ0) is 19.4. The number of hydrogen-bond donors (Lipinski definition) is 1. The molecule has 1 aromatic heterocycles. The molecule has 0 aliphatic carbocycles. The lowest BCUT2D eigenvalue weighted by Crippen LogP contribution is -2.51. The van der Waals surface area contributed by atoms with E-state index in [0.29, 0.717) is 6.04 Å². The summed E-state index contributed by atoms with van der Waals surface area (Å²) in [6, 6.07) is 17.7. The monoisotopic (exact) mass is 383 g/mol. The van der Waals surface area contributed by atoms with Gasteiger partial charge >= 0.3 is 6.03 Å². The molecule has 2 aromatic carbocycles. The van der Waals surface area contributed by atoms with Gasteiger partial charge in [0.2, 0.25) is 0 Å². The van der Waals surface area contributed by atoms with Gasteiger partial charge in [0.05, 0.1) is 6.04 Å². The first-order valence-corrected chi connectivity index (χ1v) is 10.7. The predicted octanol–water partition coefficient (Wildman–Crippen LogP) is 5.36. The molecular weight excluding hydrogens is 358 g/mol. The maximum absolute atomic E-state index is 13.6. The first-order chi connectivity index (χ1) is 14.3. The molecule has 3 aromatic rings. The van der Waals surface area contributed by atoms with Crippen LogP contribution in [-0.2, 0) is 6.42 Å². The van der Waals surface area contributed by atoms with Crippen LogP contribution in [0.5, 0.6) is 0 Å². The van der Waals surface area contributed by atoms with Crippen LogP contribution in [0.2, 0.25) is 0 Å². The van der Waals surface area contributed by atoms with E-state index in [4.69, 9.17) is 0 Å². The van der Waals surface area contributed by atoms with E-state index in [1.807, 2.05) is 17.2 Å². The molecule has 4 nitrogen and oxygen atoms in total. The molecule has 4 heterocycles. The minimum atomic E-state index is 0.194. The number of benzene rings is 2. The minimum Gasteiger partial charge on any atom is -0.361 e. The quantitative estimate of drug-likeness (QED) is 0.604. The van der Waals surface area contributed by atoms with Crippen molar-refractivity contribution in [3.63, 3.8) is 0 Å². The number of carbonyl (C=O) groups is 1.